The predicted octanol–water partition coefficient (Wildman–Crippen LogP) is 5.19. The lowest BCUT2D eigenvalue weighted by atomic mass is 9.89. The van der Waals surface area contributed by atoms with Crippen molar-refractivity contribution in [1.82, 2.24) is 9.80 Å². The Kier molecular flexibility index (Phi) is 11.8. The van der Waals surface area contributed by atoms with E-state index in [-0.39, 0.29) is 5.60 Å². The van der Waals surface area contributed by atoms with Gasteiger partial charge in [0.1, 0.15) is 0 Å². The maximum atomic E-state index is 10.6. The lowest BCUT2D eigenvalue weighted by molar-refractivity contribution is -0.193. The van der Waals surface area contributed by atoms with Crippen molar-refractivity contribution in [2.45, 2.75) is 50.8 Å². The summed E-state index contributed by atoms with van der Waals surface area (Å²) in [7, 11) is 0. The number of piperidine rings is 1. The van der Waals surface area contributed by atoms with Gasteiger partial charge in [-0.3, -0.25) is 9.80 Å². The van der Waals surface area contributed by atoms with Crippen molar-refractivity contribution in [2.24, 2.45) is 0 Å². The molecule has 0 amide bonds. The van der Waals surface area contributed by atoms with Crippen molar-refractivity contribution in [1.29, 1.82) is 0 Å². The fraction of sp³-hybridized carbons (Fsp3) is 0.520. The Bertz CT molecular complexity index is 1030. The van der Waals surface area contributed by atoms with Crippen molar-refractivity contribution < 1.29 is 50.9 Å². The lowest BCUT2D eigenvalue weighted by Crippen LogP contribution is -2.56. The van der Waals surface area contributed by atoms with Crippen molar-refractivity contribution >= 4 is 23.3 Å². The number of carbonyl (C=O) groups is 2. The van der Waals surface area contributed by atoms with Crippen LogP contribution in [0.3, 0.4) is 0 Å². The number of alkyl halides is 6. The Morgan fingerprint density at radius 1 is 0.872 bits per heavy atom. The fourth-order valence-corrected chi connectivity index (χ4v) is 5.04. The molecular formula is C25H30F6N2O5S. The third kappa shape index (κ3) is 11.5. The molecule has 4 rings (SSSR count). The van der Waals surface area contributed by atoms with E-state index < -0.39 is 24.3 Å². The van der Waals surface area contributed by atoms with Gasteiger partial charge in [-0.15, -0.1) is 11.3 Å². The van der Waals surface area contributed by atoms with E-state index in [4.69, 9.17) is 24.5 Å². The number of rotatable bonds is 4. The Labute approximate surface area is 225 Å². The van der Waals surface area contributed by atoms with Gasteiger partial charge in [-0.1, -0.05) is 30.3 Å². The largest absolute Gasteiger partial charge is 0.490 e. The highest BCUT2D eigenvalue weighted by atomic mass is 32.1. The van der Waals surface area contributed by atoms with E-state index in [0.29, 0.717) is 0 Å². The summed E-state index contributed by atoms with van der Waals surface area (Å²) in [6.45, 7) is 9.63. The van der Waals surface area contributed by atoms with E-state index in [1.54, 1.807) is 0 Å². The number of halogens is 6. The van der Waals surface area contributed by atoms with Crippen molar-refractivity contribution in [3.63, 3.8) is 0 Å². The first-order valence-electron chi connectivity index (χ1n) is 11.9. The average molecular weight is 585 g/mol. The Morgan fingerprint density at radius 2 is 1.41 bits per heavy atom. The summed E-state index contributed by atoms with van der Waals surface area (Å²) in [6.07, 6.45) is -7.86. The van der Waals surface area contributed by atoms with Gasteiger partial charge in [0.05, 0.1) is 12.2 Å². The Hall–Kier alpha value is -2.68. The average Bonchev–Trinajstić information content (AvgIpc) is 3.25. The normalized spacial score (nSPS) is 17.9. The van der Waals surface area contributed by atoms with Crippen LogP contribution in [0.4, 0.5) is 26.3 Å². The van der Waals surface area contributed by atoms with E-state index >= 15 is 0 Å². The zero-order valence-corrected chi connectivity index (χ0v) is 21.9. The number of thiophene rings is 1. The summed E-state index contributed by atoms with van der Waals surface area (Å²) in [5, 5.41) is 14.2. The quantitative estimate of drug-likeness (QED) is 0.478. The second-order valence-corrected chi connectivity index (χ2v) is 10.5. The molecular weight excluding hydrogens is 554 g/mol. The number of likely N-dealkylation sites (tertiary alicyclic amines) is 1. The minimum absolute atomic E-state index is 0.0783. The number of benzene rings is 1. The van der Waals surface area contributed by atoms with Gasteiger partial charge < -0.3 is 14.9 Å². The van der Waals surface area contributed by atoms with E-state index in [0.717, 1.165) is 58.7 Å². The maximum Gasteiger partial charge on any atom is 0.490 e. The van der Waals surface area contributed by atoms with Crippen molar-refractivity contribution in [3.8, 4) is 0 Å². The van der Waals surface area contributed by atoms with Crippen molar-refractivity contribution in [3.05, 3.63) is 57.8 Å². The summed E-state index contributed by atoms with van der Waals surface area (Å²) in [6, 6.07) is 15.3. The van der Waals surface area contributed by atoms with Crippen LogP contribution in [0.25, 0.3) is 0 Å². The SMILES string of the molecule is Cc1ccc(CN2CCC3(CC2)CN(Cc2ccccc2)CCO3)s1.O=C(O)C(F)(F)F.O=C(O)C(F)(F)F. The zero-order chi connectivity index (χ0) is 29.3. The van der Waals surface area contributed by atoms with Crippen LogP contribution in [0.15, 0.2) is 42.5 Å². The molecule has 218 valence electrons. The lowest BCUT2D eigenvalue weighted by Gasteiger charge is -2.47. The first-order valence-corrected chi connectivity index (χ1v) is 12.7. The van der Waals surface area contributed by atoms with E-state index in [1.807, 2.05) is 11.3 Å². The number of nitrogens with zero attached hydrogens (tertiary/aromatic N) is 2. The summed E-state index contributed by atoms with van der Waals surface area (Å²) in [4.78, 5) is 25.9. The maximum absolute atomic E-state index is 10.6. The number of hydrogen-bond donors (Lipinski definition) is 2. The molecule has 2 aliphatic heterocycles. The highest BCUT2D eigenvalue weighted by Crippen LogP contribution is 2.32. The second-order valence-electron chi connectivity index (χ2n) is 9.12. The Balaban J connectivity index is 0.000000317. The number of morpholine rings is 1. The highest BCUT2D eigenvalue weighted by molar-refractivity contribution is 7.11. The predicted molar refractivity (Wildman–Crippen MR) is 131 cm³/mol. The highest BCUT2D eigenvalue weighted by Gasteiger charge is 2.40. The number of aryl methyl sites for hydroxylation is 1. The fourth-order valence-electron chi connectivity index (χ4n) is 4.11. The number of aliphatic carboxylic acids is 2. The Morgan fingerprint density at radius 3 is 1.87 bits per heavy atom. The molecule has 14 heteroatoms. The molecule has 2 aliphatic rings. The van der Waals surface area contributed by atoms with Crippen LogP contribution in [-0.2, 0) is 27.4 Å². The van der Waals surface area contributed by atoms with Gasteiger partial charge in [-0.05, 0) is 37.5 Å². The molecule has 1 aromatic heterocycles. The molecule has 0 saturated carbocycles. The van der Waals surface area contributed by atoms with Crippen LogP contribution < -0.4 is 0 Å². The van der Waals surface area contributed by atoms with Crippen LogP contribution in [0.2, 0.25) is 0 Å². The molecule has 0 aliphatic carbocycles. The molecule has 0 bridgehead atoms. The van der Waals surface area contributed by atoms with Gasteiger partial charge in [0, 0.05) is 49.0 Å². The molecule has 1 aromatic carbocycles. The van der Waals surface area contributed by atoms with Crippen LogP contribution in [0.5, 0.6) is 0 Å². The van der Waals surface area contributed by atoms with E-state index in [9.17, 15) is 26.3 Å². The van der Waals surface area contributed by atoms with Crippen LogP contribution >= 0.6 is 11.3 Å². The molecule has 0 radical (unpaired) electrons. The standard InChI is InChI=1S/C21H28N2OS.2C2HF3O2/c1-18-7-8-20(25-18)16-22-11-9-21(10-12-22)17-23(13-14-24-21)15-19-5-3-2-4-6-19;2*3-2(4,5)1(6)7/h2-8H,9-17H2,1H3;2*(H,6,7). The van der Waals surface area contributed by atoms with E-state index in [2.05, 4.69) is 59.2 Å². The van der Waals surface area contributed by atoms with E-state index in [1.165, 1.54) is 15.3 Å². The first-order chi connectivity index (χ1) is 18.1. The van der Waals surface area contributed by atoms with Gasteiger partial charge in [0.25, 0.3) is 0 Å². The summed E-state index contributed by atoms with van der Waals surface area (Å²) < 4.78 is 69.8. The molecule has 7 nitrogen and oxygen atoms in total. The number of carboxylic acids is 2. The number of hydrogen-bond acceptors (Lipinski definition) is 6. The summed E-state index contributed by atoms with van der Waals surface area (Å²) >= 11 is 1.93. The van der Waals surface area contributed by atoms with Gasteiger partial charge in [-0.2, -0.15) is 26.3 Å². The van der Waals surface area contributed by atoms with Crippen LogP contribution in [0.1, 0.15) is 28.2 Å². The number of ether oxygens (including phenoxy) is 1. The van der Waals surface area contributed by atoms with Gasteiger partial charge in [0.15, 0.2) is 0 Å². The zero-order valence-electron chi connectivity index (χ0n) is 21.1. The minimum Gasteiger partial charge on any atom is -0.475 e. The van der Waals surface area contributed by atoms with Crippen LogP contribution in [0, 0.1) is 6.92 Å². The third-order valence-corrected chi connectivity index (χ3v) is 6.99. The van der Waals surface area contributed by atoms with Crippen molar-refractivity contribution in [2.75, 3.05) is 32.8 Å². The molecule has 2 aromatic rings. The third-order valence-electron chi connectivity index (χ3n) is 6.00. The molecule has 2 saturated heterocycles. The number of carboxylic acid groups (broad SMARTS) is 2. The summed E-state index contributed by atoms with van der Waals surface area (Å²) in [5.74, 6) is -5.51. The smallest absolute Gasteiger partial charge is 0.475 e. The van der Waals surface area contributed by atoms with Gasteiger partial charge in [-0.25, -0.2) is 9.59 Å². The molecule has 1 spiro atoms. The summed E-state index contributed by atoms with van der Waals surface area (Å²) in [5.41, 5.74) is 1.49. The van der Waals surface area contributed by atoms with Gasteiger partial charge >= 0.3 is 24.3 Å². The molecule has 3 heterocycles. The molecule has 0 atom stereocenters. The topological polar surface area (TPSA) is 90.3 Å². The van der Waals surface area contributed by atoms with Gasteiger partial charge in [0.2, 0.25) is 0 Å². The monoisotopic (exact) mass is 584 g/mol. The van der Waals surface area contributed by atoms with Crippen LogP contribution in [-0.4, -0.2) is 82.7 Å². The molecule has 2 fully saturated rings. The first kappa shape index (κ1) is 32.5. The minimum atomic E-state index is -5.08. The molecule has 39 heavy (non-hydrogen) atoms. The molecule has 2 N–H and O–H groups in total. The second kappa shape index (κ2) is 14.1. The molecule has 0 unspecified atom stereocenters.